The summed E-state index contributed by atoms with van der Waals surface area (Å²) in [6.45, 7) is 0. The monoisotopic (exact) mass is 230 g/mol. The Kier molecular flexibility index (Phi) is 3.91. The fourth-order valence-corrected chi connectivity index (χ4v) is 1.21. The van der Waals surface area contributed by atoms with Crippen LogP contribution in [-0.4, -0.2) is 15.7 Å². The third kappa shape index (κ3) is 2.46. The van der Waals surface area contributed by atoms with Gasteiger partial charge in [-0.3, -0.25) is 15.1 Å². The first-order chi connectivity index (χ1) is 6.66. The van der Waals surface area contributed by atoms with E-state index in [0.717, 1.165) is 6.20 Å². The van der Waals surface area contributed by atoms with Gasteiger partial charge < -0.3 is 0 Å². The quantitative estimate of drug-likeness (QED) is 0.493. The molecular weight excluding hydrogens is 224 g/mol. The molecule has 14 heavy (non-hydrogen) atoms. The van der Waals surface area contributed by atoms with E-state index >= 15 is 0 Å². The van der Waals surface area contributed by atoms with E-state index in [4.69, 9.17) is 11.6 Å². The van der Waals surface area contributed by atoms with Gasteiger partial charge in [-0.1, -0.05) is 23.8 Å². The van der Waals surface area contributed by atoms with E-state index in [2.05, 4.69) is 17.6 Å². The highest BCUT2D eigenvalue weighted by atomic mass is 35.5. The minimum atomic E-state index is -0.562. The molecule has 4 nitrogen and oxygen atoms in total. The predicted molar refractivity (Wildman–Crippen MR) is 58.8 cm³/mol. The number of halogens is 1. The number of pyridine rings is 1. The Balaban J connectivity index is 3.14. The van der Waals surface area contributed by atoms with Crippen molar-refractivity contribution in [3.05, 3.63) is 39.2 Å². The topological polar surface area (TPSA) is 56.0 Å². The summed E-state index contributed by atoms with van der Waals surface area (Å²) in [7, 11) is 0. The number of rotatable bonds is 3. The molecule has 0 aliphatic carbocycles. The first-order valence-electron chi connectivity index (χ1n) is 3.72. The molecule has 1 rings (SSSR count). The molecular formula is C8H7ClN2O2S. The zero-order valence-corrected chi connectivity index (χ0v) is 8.70. The first-order valence-corrected chi connectivity index (χ1v) is 4.73. The molecule has 74 valence electrons. The van der Waals surface area contributed by atoms with Crippen LogP contribution in [-0.2, 0) is 0 Å². The SMILES string of the molecule is O=[N+]([O-])c1cncc(C=CCS)c1Cl. The van der Waals surface area contributed by atoms with E-state index in [1.54, 1.807) is 12.2 Å². The summed E-state index contributed by atoms with van der Waals surface area (Å²) in [4.78, 5) is 13.6. The molecule has 0 aliphatic heterocycles. The highest BCUT2D eigenvalue weighted by molar-refractivity contribution is 7.80. The average molecular weight is 231 g/mol. The summed E-state index contributed by atoms with van der Waals surface area (Å²) in [5.74, 6) is 0.541. The Morgan fingerprint density at radius 3 is 2.93 bits per heavy atom. The van der Waals surface area contributed by atoms with E-state index in [1.165, 1.54) is 6.20 Å². The van der Waals surface area contributed by atoms with E-state index in [0.29, 0.717) is 11.3 Å². The molecule has 0 saturated carbocycles. The smallest absolute Gasteiger partial charge is 0.258 e. The van der Waals surface area contributed by atoms with Crippen molar-refractivity contribution in [1.29, 1.82) is 0 Å². The van der Waals surface area contributed by atoms with E-state index in [-0.39, 0.29) is 10.7 Å². The second-order valence-corrected chi connectivity index (χ2v) is 3.15. The van der Waals surface area contributed by atoms with Gasteiger partial charge in [-0.05, 0) is 0 Å². The van der Waals surface area contributed by atoms with Crippen molar-refractivity contribution in [2.45, 2.75) is 0 Å². The molecule has 1 heterocycles. The molecule has 0 atom stereocenters. The van der Waals surface area contributed by atoms with Crippen molar-refractivity contribution in [2.24, 2.45) is 0 Å². The molecule has 0 spiro atoms. The standard InChI is InChI=1S/C8H7ClN2O2S/c9-8-6(2-1-3-14)4-10-5-7(8)11(12)13/h1-2,4-5,14H,3H2. The Labute approximate surface area is 91.2 Å². The second kappa shape index (κ2) is 4.97. The lowest BCUT2D eigenvalue weighted by molar-refractivity contribution is -0.385. The number of hydrogen-bond donors (Lipinski definition) is 1. The second-order valence-electron chi connectivity index (χ2n) is 2.40. The molecule has 0 aromatic carbocycles. The highest BCUT2D eigenvalue weighted by Gasteiger charge is 2.14. The zero-order valence-electron chi connectivity index (χ0n) is 7.05. The molecule has 1 aromatic heterocycles. The van der Waals surface area contributed by atoms with Crippen molar-refractivity contribution in [3.8, 4) is 0 Å². The van der Waals surface area contributed by atoms with E-state index in [9.17, 15) is 10.1 Å². The fourth-order valence-electron chi connectivity index (χ4n) is 0.873. The maximum Gasteiger partial charge on any atom is 0.306 e. The molecule has 6 heteroatoms. The third-order valence-corrected chi connectivity index (χ3v) is 2.11. The summed E-state index contributed by atoms with van der Waals surface area (Å²) in [6, 6.07) is 0. The fraction of sp³-hybridized carbons (Fsp3) is 0.125. The number of aromatic nitrogens is 1. The molecule has 0 aliphatic rings. The van der Waals surface area contributed by atoms with Crippen molar-refractivity contribution >= 4 is 36.0 Å². The van der Waals surface area contributed by atoms with Gasteiger partial charge in [0.15, 0.2) is 0 Å². The molecule has 0 radical (unpaired) electrons. The minimum absolute atomic E-state index is 0.100. The van der Waals surface area contributed by atoms with Crippen LogP contribution in [0.3, 0.4) is 0 Å². The molecule has 0 fully saturated rings. The minimum Gasteiger partial charge on any atom is -0.258 e. The maximum absolute atomic E-state index is 10.5. The Hall–Kier alpha value is -1.07. The lowest BCUT2D eigenvalue weighted by atomic mass is 10.2. The van der Waals surface area contributed by atoms with Gasteiger partial charge in [0, 0.05) is 17.5 Å². The summed E-state index contributed by atoms with van der Waals surface area (Å²) in [6.07, 6.45) is 5.97. The number of hydrogen-bond acceptors (Lipinski definition) is 4. The summed E-state index contributed by atoms with van der Waals surface area (Å²) in [5, 5.41) is 10.6. The number of nitro groups is 1. The molecule has 1 aromatic rings. The van der Waals surface area contributed by atoms with Gasteiger partial charge in [-0.2, -0.15) is 12.6 Å². The lowest BCUT2D eigenvalue weighted by Crippen LogP contribution is -1.92. The van der Waals surface area contributed by atoms with Gasteiger partial charge >= 0.3 is 5.69 Å². The van der Waals surface area contributed by atoms with Gasteiger partial charge in [0.1, 0.15) is 11.2 Å². The van der Waals surface area contributed by atoms with Gasteiger partial charge in [-0.15, -0.1) is 0 Å². The van der Waals surface area contributed by atoms with Crippen LogP contribution in [0.25, 0.3) is 6.08 Å². The summed E-state index contributed by atoms with van der Waals surface area (Å²) >= 11 is 9.75. The molecule has 0 unspecified atom stereocenters. The number of nitrogens with zero attached hydrogens (tertiary/aromatic N) is 2. The zero-order chi connectivity index (χ0) is 10.6. The van der Waals surface area contributed by atoms with Crippen LogP contribution in [0.15, 0.2) is 18.5 Å². The number of thiol groups is 1. The summed E-state index contributed by atoms with van der Waals surface area (Å²) < 4.78 is 0. The van der Waals surface area contributed by atoms with Crippen molar-refractivity contribution in [1.82, 2.24) is 4.98 Å². The highest BCUT2D eigenvalue weighted by Crippen LogP contribution is 2.27. The van der Waals surface area contributed by atoms with Crippen molar-refractivity contribution in [2.75, 3.05) is 5.75 Å². The molecule has 0 amide bonds. The molecule has 0 N–H and O–H groups in total. The van der Waals surface area contributed by atoms with Crippen LogP contribution in [0.5, 0.6) is 0 Å². The van der Waals surface area contributed by atoms with Crippen LogP contribution in [0.1, 0.15) is 5.56 Å². The molecule has 0 saturated heterocycles. The van der Waals surface area contributed by atoms with Gasteiger partial charge in [0.2, 0.25) is 0 Å². The van der Waals surface area contributed by atoms with Crippen LogP contribution < -0.4 is 0 Å². The van der Waals surface area contributed by atoms with Gasteiger partial charge in [0.05, 0.1) is 4.92 Å². The van der Waals surface area contributed by atoms with Crippen molar-refractivity contribution < 1.29 is 4.92 Å². The largest absolute Gasteiger partial charge is 0.306 e. The van der Waals surface area contributed by atoms with Crippen LogP contribution >= 0.6 is 24.2 Å². The van der Waals surface area contributed by atoms with E-state index in [1.807, 2.05) is 0 Å². The van der Waals surface area contributed by atoms with Gasteiger partial charge in [0.25, 0.3) is 0 Å². The average Bonchev–Trinajstić information content (AvgIpc) is 2.16. The lowest BCUT2D eigenvalue weighted by Gasteiger charge is -1.97. The van der Waals surface area contributed by atoms with Crippen molar-refractivity contribution in [3.63, 3.8) is 0 Å². The molecule has 0 bridgehead atoms. The first kappa shape index (κ1) is 11.0. The third-order valence-electron chi connectivity index (χ3n) is 1.49. The Morgan fingerprint density at radius 1 is 1.64 bits per heavy atom. The summed E-state index contributed by atoms with van der Waals surface area (Å²) in [5.41, 5.74) is 0.336. The van der Waals surface area contributed by atoms with Crippen LogP contribution in [0, 0.1) is 10.1 Å². The predicted octanol–water partition coefficient (Wildman–Crippen LogP) is 2.59. The van der Waals surface area contributed by atoms with Crippen LogP contribution in [0.2, 0.25) is 5.02 Å². The maximum atomic E-state index is 10.5. The van der Waals surface area contributed by atoms with Gasteiger partial charge in [-0.25, -0.2) is 0 Å². The normalized spacial score (nSPS) is 10.7. The Morgan fingerprint density at radius 2 is 2.36 bits per heavy atom. The Bertz CT molecular complexity index is 382. The van der Waals surface area contributed by atoms with E-state index < -0.39 is 4.92 Å². The van der Waals surface area contributed by atoms with Crippen LogP contribution in [0.4, 0.5) is 5.69 Å².